The van der Waals surface area contributed by atoms with E-state index in [0.29, 0.717) is 0 Å². The maximum atomic E-state index is 4.25. The highest BCUT2D eigenvalue weighted by Crippen LogP contribution is 2.26. The fourth-order valence-electron chi connectivity index (χ4n) is 2.71. The summed E-state index contributed by atoms with van der Waals surface area (Å²) < 4.78 is 0. The third kappa shape index (κ3) is 4.30. The molecule has 0 unspecified atom stereocenters. The van der Waals surface area contributed by atoms with Crippen LogP contribution in [-0.2, 0) is 0 Å². The largest absolute Gasteiger partial charge is 0.369 e. The summed E-state index contributed by atoms with van der Waals surface area (Å²) in [5, 5.41) is 6.98. The molecular formula is C15H25N3. The summed E-state index contributed by atoms with van der Waals surface area (Å²) in [5.74, 6) is 1.95. The highest BCUT2D eigenvalue weighted by molar-refractivity contribution is 5.32. The molecule has 0 spiro atoms. The van der Waals surface area contributed by atoms with E-state index in [1.54, 1.807) is 0 Å². The molecule has 3 heteroatoms. The van der Waals surface area contributed by atoms with Crippen LogP contribution < -0.4 is 10.6 Å². The number of pyridine rings is 1. The van der Waals surface area contributed by atoms with Crippen LogP contribution in [0.4, 0.5) is 5.82 Å². The van der Waals surface area contributed by atoms with Crippen LogP contribution >= 0.6 is 0 Å². The standard InChI is InChI=1S/C15H25N3/c1-2-13-6-8-14(9-7-13)16-11-12-18-15-5-3-4-10-17-15/h3-5,10,13-14,16H,2,6-9,11-12H2,1H3,(H,17,18). The maximum Gasteiger partial charge on any atom is 0.125 e. The number of rotatable bonds is 6. The fraction of sp³-hybridized carbons (Fsp3) is 0.667. The zero-order valence-electron chi connectivity index (χ0n) is 11.4. The quantitative estimate of drug-likeness (QED) is 0.759. The van der Waals surface area contributed by atoms with Crippen molar-refractivity contribution >= 4 is 5.82 Å². The topological polar surface area (TPSA) is 37.0 Å². The lowest BCUT2D eigenvalue weighted by atomic mass is 9.84. The van der Waals surface area contributed by atoms with Gasteiger partial charge in [0.15, 0.2) is 0 Å². The molecule has 0 aromatic carbocycles. The Morgan fingerprint density at radius 1 is 1.17 bits per heavy atom. The van der Waals surface area contributed by atoms with Gasteiger partial charge in [0.1, 0.15) is 5.82 Å². The van der Waals surface area contributed by atoms with Gasteiger partial charge in [-0.2, -0.15) is 0 Å². The van der Waals surface area contributed by atoms with Crippen molar-refractivity contribution in [2.45, 2.75) is 45.1 Å². The monoisotopic (exact) mass is 247 g/mol. The van der Waals surface area contributed by atoms with Gasteiger partial charge in [-0.25, -0.2) is 4.98 Å². The highest BCUT2D eigenvalue weighted by Gasteiger charge is 2.18. The van der Waals surface area contributed by atoms with Crippen molar-refractivity contribution in [3.8, 4) is 0 Å². The summed E-state index contributed by atoms with van der Waals surface area (Å²) in [7, 11) is 0. The highest BCUT2D eigenvalue weighted by atomic mass is 15.0. The molecule has 100 valence electrons. The number of hydrogen-bond donors (Lipinski definition) is 2. The first kappa shape index (κ1) is 13.3. The summed E-state index contributed by atoms with van der Waals surface area (Å²) in [6, 6.07) is 6.69. The van der Waals surface area contributed by atoms with Crippen molar-refractivity contribution < 1.29 is 0 Å². The Hall–Kier alpha value is -1.09. The molecule has 18 heavy (non-hydrogen) atoms. The van der Waals surface area contributed by atoms with Crippen LogP contribution in [0.2, 0.25) is 0 Å². The summed E-state index contributed by atoms with van der Waals surface area (Å²) in [6.07, 6.45) is 8.68. The van der Waals surface area contributed by atoms with E-state index in [2.05, 4.69) is 22.5 Å². The van der Waals surface area contributed by atoms with E-state index in [-0.39, 0.29) is 0 Å². The summed E-state index contributed by atoms with van der Waals surface area (Å²) in [4.78, 5) is 4.25. The number of anilines is 1. The molecule has 0 aliphatic heterocycles. The van der Waals surface area contributed by atoms with Crippen molar-refractivity contribution in [1.29, 1.82) is 0 Å². The number of nitrogens with zero attached hydrogens (tertiary/aromatic N) is 1. The average Bonchev–Trinajstić information content (AvgIpc) is 2.45. The predicted molar refractivity (Wildman–Crippen MR) is 76.8 cm³/mol. The van der Waals surface area contributed by atoms with E-state index in [4.69, 9.17) is 0 Å². The third-order valence-electron chi connectivity index (χ3n) is 3.95. The molecule has 1 aliphatic rings. The first-order chi connectivity index (χ1) is 8.88. The zero-order valence-corrected chi connectivity index (χ0v) is 11.4. The Labute approximate surface area is 110 Å². The Bertz CT molecular complexity index is 318. The first-order valence-electron chi connectivity index (χ1n) is 7.26. The van der Waals surface area contributed by atoms with Crippen LogP contribution in [0.3, 0.4) is 0 Å². The van der Waals surface area contributed by atoms with Crippen molar-refractivity contribution in [1.82, 2.24) is 10.3 Å². The zero-order chi connectivity index (χ0) is 12.6. The number of aromatic nitrogens is 1. The molecule has 1 fully saturated rings. The molecule has 2 N–H and O–H groups in total. The Morgan fingerprint density at radius 3 is 2.67 bits per heavy atom. The summed E-state index contributed by atoms with van der Waals surface area (Å²) in [6.45, 7) is 4.29. The molecule has 1 aliphatic carbocycles. The first-order valence-corrected chi connectivity index (χ1v) is 7.26. The maximum absolute atomic E-state index is 4.25. The molecule has 0 atom stereocenters. The normalized spacial score (nSPS) is 23.8. The summed E-state index contributed by atoms with van der Waals surface area (Å²) in [5.41, 5.74) is 0. The van der Waals surface area contributed by atoms with Gasteiger partial charge in [0.2, 0.25) is 0 Å². The van der Waals surface area contributed by atoms with Crippen molar-refractivity contribution in [2.24, 2.45) is 5.92 Å². The lowest BCUT2D eigenvalue weighted by molar-refractivity contribution is 0.288. The number of hydrogen-bond acceptors (Lipinski definition) is 3. The molecule has 0 bridgehead atoms. The van der Waals surface area contributed by atoms with Gasteiger partial charge in [0.05, 0.1) is 0 Å². The molecule has 0 radical (unpaired) electrons. The van der Waals surface area contributed by atoms with Gasteiger partial charge in [-0.05, 0) is 43.7 Å². The molecule has 1 aromatic rings. The lowest BCUT2D eigenvalue weighted by Crippen LogP contribution is -2.36. The molecule has 2 rings (SSSR count). The van der Waals surface area contributed by atoms with Gasteiger partial charge in [-0.1, -0.05) is 19.4 Å². The number of nitrogens with one attached hydrogen (secondary N) is 2. The minimum Gasteiger partial charge on any atom is -0.369 e. The Balaban J connectivity index is 1.56. The van der Waals surface area contributed by atoms with Gasteiger partial charge < -0.3 is 10.6 Å². The van der Waals surface area contributed by atoms with E-state index in [0.717, 1.165) is 30.9 Å². The van der Waals surface area contributed by atoms with Crippen LogP contribution in [0, 0.1) is 5.92 Å². The van der Waals surface area contributed by atoms with Crippen molar-refractivity contribution in [2.75, 3.05) is 18.4 Å². The summed E-state index contributed by atoms with van der Waals surface area (Å²) >= 11 is 0. The smallest absolute Gasteiger partial charge is 0.125 e. The van der Waals surface area contributed by atoms with E-state index in [1.807, 2.05) is 24.4 Å². The lowest BCUT2D eigenvalue weighted by Gasteiger charge is -2.28. The third-order valence-corrected chi connectivity index (χ3v) is 3.95. The Kier molecular flexibility index (Phi) is 5.46. The van der Waals surface area contributed by atoms with Crippen LogP contribution in [0.1, 0.15) is 39.0 Å². The van der Waals surface area contributed by atoms with Gasteiger partial charge in [-0.3, -0.25) is 0 Å². The second kappa shape index (κ2) is 7.37. The van der Waals surface area contributed by atoms with Crippen LogP contribution in [0.5, 0.6) is 0 Å². The van der Waals surface area contributed by atoms with Crippen molar-refractivity contribution in [3.05, 3.63) is 24.4 Å². The average molecular weight is 247 g/mol. The molecule has 1 heterocycles. The van der Waals surface area contributed by atoms with E-state index in [9.17, 15) is 0 Å². The van der Waals surface area contributed by atoms with Crippen LogP contribution in [0.25, 0.3) is 0 Å². The Morgan fingerprint density at radius 2 is 2.00 bits per heavy atom. The van der Waals surface area contributed by atoms with Gasteiger partial charge in [-0.15, -0.1) is 0 Å². The molecule has 3 nitrogen and oxygen atoms in total. The van der Waals surface area contributed by atoms with E-state index >= 15 is 0 Å². The molecule has 1 aromatic heterocycles. The SMILES string of the molecule is CCC1CCC(NCCNc2ccccn2)CC1. The fourth-order valence-corrected chi connectivity index (χ4v) is 2.71. The van der Waals surface area contributed by atoms with Crippen LogP contribution in [0.15, 0.2) is 24.4 Å². The van der Waals surface area contributed by atoms with E-state index in [1.165, 1.54) is 32.1 Å². The van der Waals surface area contributed by atoms with E-state index < -0.39 is 0 Å². The van der Waals surface area contributed by atoms with Gasteiger partial charge in [0, 0.05) is 25.3 Å². The van der Waals surface area contributed by atoms with Crippen molar-refractivity contribution in [3.63, 3.8) is 0 Å². The molecule has 1 saturated carbocycles. The van der Waals surface area contributed by atoms with Gasteiger partial charge >= 0.3 is 0 Å². The second-order valence-electron chi connectivity index (χ2n) is 5.22. The minimum atomic E-state index is 0.735. The molecular weight excluding hydrogens is 222 g/mol. The predicted octanol–water partition coefficient (Wildman–Crippen LogP) is 3.05. The van der Waals surface area contributed by atoms with Gasteiger partial charge in [0.25, 0.3) is 0 Å². The van der Waals surface area contributed by atoms with Crippen LogP contribution in [-0.4, -0.2) is 24.1 Å². The molecule has 0 amide bonds. The second-order valence-corrected chi connectivity index (χ2v) is 5.22. The molecule has 0 saturated heterocycles. The minimum absolute atomic E-state index is 0.735.